The molecule has 0 bridgehead atoms. The van der Waals surface area contributed by atoms with Gasteiger partial charge < -0.3 is 5.32 Å². The maximum Gasteiger partial charge on any atom is 0.0142 e. The van der Waals surface area contributed by atoms with Crippen LogP contribution in [0.1, 0.15) is 29.2 Å². The molecule has 0 amide bonds. The van der Waals surface area contributed by atoms with Crippen LogP contribution in [0.25, 0.3) is 0 Å². The van der Waals surface area contributed by atoms with Gasteiger partial charge in [-0.05, 0) is 55.3 Å². The fourth-order valence-electron chi connectivity index (χ4n) is 3.52. The third kappa shape index (κ3) is 3.36. The minimum absolute atomic E-state index is 0.574. The molecule has 1 unspecified atom stereocenters. The van der Waals surface area contributed by atoms with Crippen LogP contribution in [0.2, 0.25) is 0 Å². The van der Waals surface area contributed by atoms with Crippen molar-refractivity contribution in [2.24, 2.45) is 5.92 Å². The molecule has 0 saturated heterocycles. The summed E-state index contributed by atoms with van der Waals surface area (Å²) >= 11 is 0. The first-order chi connectivity index (χ1) is 10.3. The molecule has 1 atom stereocenters. The summed E-state index contributed by atoms with van der Waals surface area (Å²) in [6, 6.07) is 18.5. The van der Waals surface area contributed by atoms with Crippen molar-refractivity contribution in [3.63, 3.8) is 0 Å². The van der Waals surface area contributed by atoms with E-state index in [1.165, 1.54) is 24.0 Å². The van der Waals surface area contributed by atoms with Crippen molar-refractivity contribution in [2.45, 2.75) is 39.2 Å². The zero-order valence-electron chi connectivity index (χ0n) is 13.1. The van der Waals surface area contributed by atoms with Gasteiger partial charge in [0.25, 0.3) is 0 Å². The van der Waals surface area contributed by atoms with Crippen LogP contribution in [-0.2, 0) is 19.3 Å². The normalized spacial score (nSPS) is 15.9. The van der Waals surface area contributed by atoms with E-state index in [-0.39, 0.29) is 0 Å². The summed E-state index contributed by atoms with van der Waals surface area (Å²) < 4.78 is 0. The van der Waals surface area contributed by atoms with Crippen molar-refractivity contribution in [1.29, 1.82) is 0 Å². The van der Waals surface area contributed by atoms with Gasteiger partial charge in [-0.3, -0.25) is 0 Å². The Balaban J connectivity index is 1.72. The summed E-state index contributed by atoms with van der Waals surface area (Å²) in [4.78, 5) is 0. The van der Waals surface area contributed by atoms with Crippen LogP contribution in [0.4, 0.5) is 0 Å². The molecular formula is C20H25N. The van der Waals surface area contributed by atoms with Crippen LogP contribution < -0.4 is 5.32 Å². The highest BCUT2D eigenvalue weighted by Gasteiger charge is 2.27. The summed E-state index contributed by atoms with van der Waals surface area (Å²) in [5, 5.41) is 3.72. The summed E-state index contributed by atoms with van der Waals surface area (Å²) in [6.45, 7) is 5.41. The number of nitrogens with one attached hydrogen (secondary N) is 1. The fraction of sp³-hybridized carbons (Fsp3) is 0.400. The third-order valence-corrected chi connectivity index (χ3v) is 4.69. The molecule has 2 aromatic rings. The standard InChI is InChI=1S/C20H25N/c1-3-21-20(12-16-10-8-15(2)9-11-16)19-13-17-6-4-5-7-18(17)14-19/h4-11,19-21H,3,12-14H2,1-2H3. The van der Waals surface area contributed by atoms with Crippen molar-refractivity contribution in [3.8, 4) is 0 Å². The van der Waals surface area contributed by atoms with E-state index in [4.69, 9.17) is 0 Å². The van der Waals surface area contributed by atoms with E-state index in [9.17, 15) is 0 Å². The first kappa shape index (κ1) is 14.3. The summed E-state index contributed by atoms with van der Waals surface area (Å²) in [7, 11) is 0. The lowest BCUT2D eigenvalue weighted by Crippen LogP contribution is -2.38. The molecule has 1 nitrogen and oxygen atoms in total. The number of hydrogen-bond acceptors (Lipinski definition) is 1. The predicted molar refractivity (Wildman–Crippen MR) is 89.7 cm³/mol. The van der Waals surface area contributed by atoms with Gasteiger partial charge in [-0.2, -0.15) is 0 Å². The lowest BCUT2D eigenvalue weighted by Gasteiger charge is -2.24. The molecule has 1 N–H and O–H groups in total. The molecule has 0 heterocycles. The number of aryl methyl sites for hydroxylation is 1. The molecular weight excluding hydrogens is 254 g/mol. The average Bonchev–Trinajstić information content (AvgIpc) is 2.93. The zero-order chi connectivity index (χ0) is 14.7. The summed E-state index contributed by atoms with van der Waals surface area (Å²) in [5.41, 5.74) is 5.89. The Morgan fingerprint density at radius 3 is 2.19 bits per heavy atom. The second kappa shape index (κ2) is 6.44. The van der Waals surface area contributed by atoms with E-state index in [0.717, 1.165) is 18.9 Å². The highest BCUT2D eigenvalue weighted by atomic mass is 14.9. The third-order valence-electron chi connectivity index (χ3n) is 4.69. The number of fused-ring (bicyclic) bond motifs is 1. The van der Waals surface area contributed by atoms with Gasteiger partial charge in [-0.15, -0.1) is 0 Å². The molecule has 0 fully saturated rings. The van der Waals surface area contributed by atoms with Crippen LogP contribution in [0.3, 0.4) is 0 Å². The minimum Gasteiger partial charge on any atom is -0.314 e. The topological polar surface area (TPSA) is 12.0 Å². The molecule has 110 valence electrons. The molecule has 0 aliphatic heterocycles. The van der Waals surface area contributed by atoms with Gasteiger partial charge >= 0.3 is 0 Å². The minimum atomic E-state index is 0.574. The van der Waals surface area contributed by atoms with Crippen molar-refractivity contribution < 1.29 is 0 Å². The molecule has 1 heteroatoms. The number of rotatable bonds is 5. The van der Waals surface area contributed by atoms with Crippen LogP contribution in [0, 0.1) is 12.8 Å². The molecule has 0 aromatic heterocycles. The monoisotopic (exact) mass is 279 g/mol. The Morgan fingerprint density at radius 1 is 1.00 bits per heavy atom. The van der Waals surface area contributed by atoms with Crippen molar-refractivity contribution >= 4 is 0 Å². The van der Waals surface area contributed by atoms with E-state index in [1.54, 1.807) is 11.1 Å². The zero-order valence-corrected chi connectivity index (χ0v) is 13.1. The second-order valence-corrected chi connectivity index (χ2v) is 6.29. The van der Waals surface area contributed by atoms with Gasteiger partial charge in [0.05, 0.1) is 0 Å². The Morgan fingerprint density at radius 2 is 1.62 bits per heavy atom. The fourth-order valence-corrected chi connectivity index (χ4v) is 3.52. The summed E-state index contributed by atoms with van der Waals surface area (Å²) in [6.07, 6.45) is 3.58. The molecule has 1 aliphatic rings. The van der Waals surface area contributed by atoms with E-state index in [1.807, 2.05) is 0 Å². The molecule has 0 radical (unpaired) electrons. The molecule has 0 spiro atoms. The average molecular weight is 279 g/mol. The Bertz CT molecular complexity index is 560. The maximum absolute atomic E-state index is 3.72. The maximum atomic E-state index is 3.72. The van der Waals surface area contributed by atoms with E-state index in [0.29, 0.717) is 6.04 Å². The highest BCUT2D eigenvalue weighted by molar-refractivity contribution is 5.33. The van der Waals surface area contributed by atoms with E-state index in [2.05, 4.69) is 67.7 Å². The Labute approximate surface area is 128 Å². The van der Waals surface area contributed by atoms with Crippen LogP contribution in [-0.4, -0.2) is 12.6 Å². The highest BCUT2D eigenvalue weighted by Crippen LogP contribution is 2.30. The van der Waals surface area contributed by atoms with Gasteiger partial charge in [0, 0.05) is 6.04 Å². The van der Waals surface area contributed by atoms with Crippen molar-refractivity contribution in [2.75, 3.05) is 6.54 Å². The molecule has 0 saturated carbocycles. The smallest absolute Gasteiger partial charge is 0.0142 e. The molecule has 3 rings (SSSR count). The number of benzene rings is 2. The van der Waals surface area contributed by atoms with Crippen LogP contribution in [0.5, 0.6) is 0 Å². The first-order valence-electron chi connectivity index (χ1n) is 8.12. The van der Waals surface area contributed by atoms with Crippen molar-refractivity contribution in [3.05, 3.63) is 70.8 Å². The Kier molecular flexibility index (Phi) is 4.40. The first-order valence-corrected chi connectivity index (χ1v) is 8.12. The van der Waals surface area contributed by atoms with Crippen LogP contribution in [0.15, 0.2) is 48.5 Å². The van der Waals surface area contributed by atoms with Gasteiger partial charge in [-0.25, -0.2) is 0 Å². The summed E-state index contributed by atoms with van der Waals surface area (Å²) in [5.74, 6) is 0.726. The molecule has 1 aliphatic carbocycles. The van der Waals surface area contributed by atoms with E-state index < -0.39 is 0 Å². The van der Waals surface area contributed by atoms with E-state index >= 15 is 0 Å². The largest absolute Gasteiger partial charge is 0.314 e. The second-order valence-electron chi connectivity index (χ2n) is 6.29. The van der Waals surface area contributed by atoms with Gasteiger partial charge in [-0.1, -0.05) is 61.0 Å². The molecule has 21 heavy (non-hydrogen) atoms. The van der Waals surface area contributed by atoms with Gasteiger partial charge in [0.1, 0.15) is 0 Å². The van der Waals surface area contributed by atoms with Gasteiger partial charge in [0.2, 0.25) is 0 Å². The lowest BCUT2D eigenvalue weighted by atomic mass is 9.91. The number of likely N-dealkylation sites (N-methyl/N-ethyl adjacent to an activating group) is 1. The molecule has 2 aromatic carbocycles. The quantitative estimate of drug-likeness (QED) is 0.874. The lowest BCUT2D eigenvalue weighted by molar-refractivity contribution is 0.368. The van der Waals surface area contributed by atoms with Crippen LogP contribution >= 0.6 is 0 Å². The van der Waals surface area contributed by atoms with Gasteiger partial charge in [0.15, 0.2) is 0 Å². The Hall–Kier alpha value is -1.60. The SMILES string of the molecule is CCNC(Cc1ccc(C)cc1)C1Cc2ccccc2C1. The predicted octanol–water partition coefficient (Wildman–Crippen LogP) is 3.93. The number of hydrogen-bond donors (Lipinski definition) is 1. The van der Waals surface area contributed by atoms with Crippen molar-refractivity contribution in [1.82, 2.24) is 5.32 Å².